The highest BCUT2D eigenvalue weighted by Gasteiger charge is 2.73. The third kappa shape index (κ3) is 3.78. The Kier molecular flexibility index (Phi) is 5.40. The number of amides is 1. The normalized spacial score (nSPS) is 12.5. The number of carbonyl (C=O) groups is 2. The first kappa shape index (κ1) is 21.2. The Labute approximate surface area is 152 Å². The van der Waals surface area contributed by atoms with E-state index in [2.05, 4.69) is 5.32 Å². The number of carboxylic acids is 1. The molecule has 0 radical (unpaired) electrons. The maximum absolute atomic E-state index is 13.9. The Bertz CT molecular complexity index is 875. The molecular formula is C17H10F7NO3. The summed E-state index contributed by atoms with van der Waals surface area (Å²) in [5.74, 6) is -2.38. The van der Waals surface area contributed by atoms with Gasteiger partial charge >= 0.3 is 24.0 Å². The predicted molar refractivity (Wildman–Crippen MR) is 82.7 cm³/mol. The quantitative estimate of drug-likeness (QED) is 0.704. The number of alkyl halides is 7. The zero-order valence-corrected chi connectivity index (χ0v) is 13.5. The average Bonchev–Trinajstić information content (AvgIpc) is 2.59. The van der Waals surface area contributed by atoms with Gasteiger partial charge in [0.15, 0.2) is 0 Å². The number of hydrogen-bond donors (Lipinski definition) is 2. The standard InChI is InChI=1S/C17H10F7NO3/c18-15(16(19,20)21,17(22,23)24)10-7-5-9(6-8-10)13(26)25-12-4-2-1-3-11(12)14(27)28/h1-8H,(H,25,26)(H,27,28). The van der Waals surface area contributed by atoms with E-state index in [9.17, 15) is 40.3 Å². The highest BCUT2D eigenvalue weighted by Crippen LogP contribution is 2.53. The zero-order valence-electron chi connectivity index (χ0n) is 13.5. The Morgan fingerprint density at radius 3 is 1.75 bits per heavy atom. The minimum Gasteiger partial charge on any atom is -0.478 e. The summed E-state index contributed by atoms with van der Waals surface area (Å²) in [6.45, 7) is 0. The summed E-state index contributed by atoms with van der Waals surface area (Å²) in [6.07, 6.45) is -12.5. The van der Waals surface area contributed by atoms with Crippen molar-refractivity contribution < 1.29 is 45.4 Å². The maximum Gasteiger partial charge on any atom is 0.435 e. The minimum atomic E-state index is -6.27. The number of hydrogen-bond acceptors (Lipinski definition) is 2. The van der Waals surface area contributed by atoms with Crippen LogP contribution in [0.3, 0.4) is 0 Å². The third-order valence-electron chi connectivity index (χ3n) is 3.73. The van der Waals surface area contributed by atoms with Crippen molar-refractivity contribution >= 4 is 17.6 Å². The minimum absolute atomic E-state index is 0.144. The molecule has 0 fully saturated rings. The predicted octanol–water partition coefficient (Wildman–Crippen LogP) is 4.93. The van der Waals surface area contributed by atoms with E-state index in [1.165, 1.54) is 24.3 Å². The van der Waals surface area contributed by atoms with Gasteiger partial charge in [0.1, 0.15) is 0 Å². The summed E-state index contributed by atoms with van der Waals surface area (Å²) in [5, 5.41) is 11.2. The molecule has 0 aliphatic rings. The summed E-state index contributed by atoms with van der Waals surface area (Å²) in [6, 6.07) is 6.71. The Morgan fingerprint density at radius 1 is 0.786 bits per heavy atom. The van der Waals surface area contributed by atoms with Gasteiger partial charge in [-0.05, 0) is 24.3 Å². The summed E-state index contributed by atoms with van der Waals surface area (Å²) >= 11 is 0. The molecule has 0 atom stereocenters. The number of nitrogens with one attached hydrogen (secondary N) is 1. The molecule has 0 saturated carbocycles. The summed E-state index contributed by atoms with van der Waals surface area (Å²) in [4.78, 5) is 23.2. The lowest BCUT2D eigenvalue weighted by Gasteiger charge is -2.30. The van der Waals surface area contributed by atoms with Crippen molar-refractivity contribution in [2.45, 2.75) is 18.0 Å². The summed E-state index contributed by atoms with van der Waals surface area (Å²) in [7, 11) is 0. The Morgan fingerprint density at radius 2 is 1.29 bits per heavy atom. The highest BCUT2D eigenvalue weighted by atomic mass is 19.4. The molecule has 150 valence electrons. The van der Waals surface area contributed by atoms with E-state index in [1.54, 1.807) is 0 Å². The molecule has 4 nitrogen and oxygen atoms in total. The Hall–Kier alpha value is -3.11. The third-order valence-corrected chi connectivity index (χ3v) is 3.73. The molecule has 0 spiro atoms. The van der Waals surface area contributed by atoms with E-state index in [-0.39, 0.29) is 23.4 Å². The molecule has 0 aliphatic carbocycles. The lowest BCUT2D eigenvalue weighted by molar-refractivity contribution is -0.348. The van der Waals surface area contributed by atoms with Gasteiger partial charge in [-0.15, -0.1) is 0 Å². The fourth-order valence-corrected chi connectivity index (χ4v) is 2.31. The van der Waals surface area contributed by atoms with Gasteiger partial charge in [-0.25, -0.2) is 9.18 Å². The second kappa shape index (κ2) is 7.13. The van der Waals surface area contributed by atoms with Crippen LogP contribution < -0.4 is 5.32 Å². The molecule has 1 amide bonds. The molecule has 11 heteroatoms. The van der Waals surface area contributed by atoms with Gasteiger partial charge in [-0.2, -0.15) is 26.3 Å². The van der Waals surface area contributed by atoms with E-state index in [0.29, 0.717) is 12.1 Å². The average molecular weight is 409 g/mol. The summed E-state index contributed by atoms with van der Waals surface area (Å²) < 4.78 is 90.3. The first-order chi connectivity index (χ1) is 12.8. The van der Waals surface area contributed by atoms with Crippen LogP contribution in [0, 0.1) is 0 Å². The lowest BCUT2D eigenvalue weighted by Crippen LogP contribution is -2.50. The number of para-hydroxylation sites is 1. The molecule has 28 heavy (non-hydrogen) atoms. The van der Waals surface area contributed by atoms with Crippen LogP contribution in [0.4, 0.5) is 36.4 Å². The number of carboxylic acid groups (broad SMARTS) is 1. The molecule has 2 aromatic carbocycles. The van der Waals surface area contributed by atoms with Crippen molar-refractivity contribution in [1.29, 1.82) is 0 Å². The van der Waals surface area contributed by atoms with Crippen LogP contribution >= 0.6 is 0 Å². The van der Waals surface area contributed by atoms with Crippen molar-refractivity contribution in [3.05, 3.63) is 65.2 Å². The number of carbonyl (C=O) groups excluding carboxylic acids is 1. The van der Waals surface area contributed by atoms with Crippen LogP contribution in [-0.4, -0.2) is 29.3 Å². The monoisotopic (exact) mass is 409 g/mol. The van der Waals surface area contributed by atoms with Gasteiger partial charge in [-0.1, -0.05) is 24.3 Å². The first-order valence-corrected chi connectivity index (χ1v) is 7.35. The number of benzene rings is 2. The van der Waals surface area contributed by atoms with E-state index in [0.717, 1.165) is 0 Å². The van der Waals surface area contributed by atoms with Crippen LogP contribution in [0.15, 0.2) is 48.5 Å². The summed E-state index contributed by atoms with van der Waals surface area (Å²) in [5.41, 5.74) is -8.19. The second-order valence-corrected chi connectivity index (χ2v) is 5.54. The van der Waals surface area contributed by atoms with E-state index >= 15 is 0 Å². The fraction of sp³-hybridized carbons (Fsp3) is 0.176. The number of halogens is 7. The van der Waals surface area contributed by atoms with Gasteiger partial charge in [0.25, 0.3) is 5.91 Å². The fourth-order valence-electron chi connectivity index (χ4n) is 2.31. The van der Waals surface area contributed by atoms with Crippen molar-refractivity contribution in [3.8, 4) is 0 Å². The molecule has 2 rings (SSSR count). The van der Waals surface area contributed by atoms with E-state index in [4.69, 9.17) is 5.11 Å². The molecule has 0 saturated heterocycles. The first-order valence-electron chi connectivity index (χ1n) is 7.35. The molecule has 0 bridgehead atoms. The Balaban J connectivity index is 2.34. The van der Waals surface area contributed by atoms with E-state index in [1.807, 2.05) is 0 Å². The number of aromatic carboxylic acids is 1. The van der Waals surface area contributed by atoms with Crippen LogP contribution in [0.25, 0.3) is 0 Å². The topological polar surface area (TPSA) is 66.4 Å². The molecule has 0 aliphatic heterocycles. The smallest absolute Gasteiger partial charge is 0.435 e. The number of rotatable bonds is 4. The maximum atomic E-state index is 13.9. The molecule has 0 aromatic heterocycles. The molecule has 2 aromatic rings. The van der Waals surface area contributed by atoms with Gasteiger partial charge in [-0.3, -0.25) is 4.79 Å². The zero-order chi connectivity index (χ0) is 21.3. The second-order valence-electron chi connectivity index (χ2n) is 5.54. The van der Waals surface area contributed by atoms with Gasteiger partial charge < -0.3 is 10.4 Å². The van der Waals surface area contributed by atoms with E-state index < -0.39 is 41.0 Å². The van der Waals surface area contributed by atoms with Crippen LogP contribution in [-0.2, 0) is 5.67 Å². The molecule has 0 unspecified atom stereocenters. The highest BCUT2D eigenvalue weighted by molar-refractivity contribution is 6.07. The van der Waals surface area contributed by atoms with Gasteiger partial charge in [0, 0.05) is 11.1 Å². The number of anilines is 1. The van der Waals surface area contributed by atoms with Gasteiger partial charge in [0.05, 0.1) is 11.3 Å². The van der Waals surface area contributed by atoms with Crippen molar-refractivity contribution in [3.63, 3.8) is 0 Å². The van der Waals surface area contributed by atoms with Crippen molar-refractivity contribution in [1.82, 2.24) is 0 Å². The SMILES string of the molecule is O=C(Nc1ccccc1C(=O)O)c1ccc(C(F)(C(F)(F)F)C(F)(F)F)cc1. The van der Waals surface area contributed by atoms with Crippen molar-refractivity contribution in [2.75, 3.05) is 5.32 Å². The lowest BCUT2D eigenvalue weighted by atomic mass is 9.93. The van der Waals surface area contributed by atoms with Crippen LogP contribution in [0.1, 0.15) is 26.3 Å². The molecule has 0 heterocycles. The van der Waals surface area contributed by atoms with Gasteiger partial charge in [0.2, 0.25) is 0 Å². The van der Waals surface area contributed by atoms with Crippen LogP contribution in [0.2, 0.25) is 0 Å². The molecule has 2 N–H and O–H groups in total. The largest absolute Gasteiger partial charge is 0.478 e. The molecular weight excluding hydrogens is 399 g/mol. The van der Waals surface area contributed by atoms with Crippen molar-refractivity contribution in [2.24, 2.45) is 0 Å². The van der Waals surface area contributed by atoms with Crippen LogP contribution in [0.5, 0.6) is 0 Å².